The third-order valence-electron chi connectivity index (χ3n) is 6.21. The number of primary amides is 1. The average Bonchev–Trinajstić information content (AvgIpc) is 3.33. The number of nitrogens with one attached hydrogen (secondary N) is 1. The highest BCUT2D eigenvalue weighted by atomic mass is 16.5. The molecule has 0 spiro atoms. The van der Waals surface area contributed by atoms with Crippen molar-refractivity contribution in [3.8, 4) is 23.1 Å². The van der Waals surface area contributed by atoms with Crippen LogP contribution in [0.1, 0.15) is 53.7 Å². The number of aromatic nitrogens is 2. The van der Waals surface area contributed by atoms with Crippen molar-refractivity contribution in [3.05, 3.63) is 89.2 Å². The Kier molecular flexibility index (Phi) is 8.07. The van der Waals surface area contributed by atoms with Crippen molar-refractivity contribution >= 4 is 17.5 Å². The predicted molar refractivity (Wildman–Crippen MR) is 146 cm³/mol. The van der Waals surface area contributed by atoms with E-state index in [4.69, 9.17) is 15.5 Å². The summed E-state index contributed by atoms with van der Waals surface area (Å²) in [6, 6.07) is 18.6. The Morgan fingerprint density at radius 1 is 1.16 bits per heavy atom. The highest BCUT2D eigenvalue weighted by Gasteiger charge is 2.18. The van der Waals surface area contributed by atoms with Gasteiger partial charge in [0, 0.05) is 36.0 Å². The summed E-state index contributed by atoms with van der Waals surface area (Å²) in [7, 11) is 0. The van der Waals surface area contributed by atoms with Crippen LogP contribution >= 0.6 is 0 Å². The van der Waals surface area contributed by atoms with Crippen LogP contribution in [-0.2, 0) is 11.2 Å². The van der Waals surface area contributed by atoms with Gasteiger partial charge in [0.25, 0.3) is 5.91 Å². The lowest BCUT2D eigenvalue weighted by molar-refractivity contribution is -0.118. The van der Waals surface area contributed by atoms with Crippen LogP contribution in [0.5, 0.6) is 5.75 Å². The van der Waals surface area contributed by atoms with Crippen molar-refractivity contribution in [1.82, 2.24) is 14.7 Å². The molecular formula is C30H31N5O3. The number of fused-ring (bicyclic) bond motifs is 1. The first kappa shape index (κ1) is 26.4. The minimum atomic E-state index is -0.427. The van der Waals surface area contributed by atoms with Gasteiger partial charge in [0.2, 0.25) is 5.91 Å². The molecule has 2 heterocycles. The van der Waals surface area contributed by atoms with Crippen molar-refractivity contribution in [3.63, 3.8) is 0 Å². The highest BCUT2D eigenvalue weighted by molar-refractivity contribution is 5.95. The lowest BCUT2D eigenvalue weighted by Crippen LogP contribution is -2.37. The van der Waals surface area contributed by atoms with E-state index in [-0.39, 0.29) is 30.0 Å². The van der Waals surface area contributed by atoms with E-state index in [0.717, 1.165) is 28.0 Å². The highest BCUT2D eigenvalue weighted by Crippen LogP contribution is 2.23. The summed E-state index contributed by atoms with van der Waals surface area (Å²) in [4.78, 5) is 29.3. The van der Waals surface area contributed by atoms with E-state index in [2.05, 4.69) is 11.4 Å². The Morgan fingerprint density at radius 3 is 2.58 bits per heavy atom. The van der Waals surface area contributed by atoms with E-state index in [1.165, 1.54) is 6.07 Å². The lowest BCUT2D eigenvalue weighted by atomic mass is 9.99. The number of carbonyl (C=O) groups is 2. The summed E-state index contributed by atoms with van der Waals surface area (Å²) in [5.41, 5.74) is 10.9. The molecule has 1 unspecified atom stereocenters. The van der Waals surface area contributed by atoms with Gasteiger partial charge in [-0.25, -0.2) is 4.98 Å². The minimum Gasteiger partial charge on any atom is -0.490 e. The molecule has 4 aromatic rings. The van der Waals surface area contributed by atoms with E-state index >= 15 is 0 Å². The number of hydrogen-bond acceptors (Lipinski definition) is 5. The van der Waals surface area contributed by atoms with E-state index in [9.17, 15) is 14.9 Å². The second-order valence-corrected chi connectivity index (χ2v) is 9.61. The van der Waals surface area contributed by atoms with Gasteiger partial charge >= 0.3 is 0 Å². The zero-order chi connectivity index (χ0) is 27.2. The molecule has 0 radical (unpaired) electrons. The van der Waals surface area contributed by atoms with Gasteiger partial charge < -0.3 is 20.2 Å². The Bertz CT molecular complexity index is 1500. The fourth-order valence-electron chi connectivity index (χ4n) is 4.31. The molecule has 2 aromatic carbocycles. The van der Waals surface area contributed by atoms with Gasteiger partial charge in [-0.1, -0.05) is 30.3 Å². The Morgan fingerprint density at radius 2 is 1.92 bits per heavy atom. The normalized spacial score (nSPS) is 11.8. The minimum absolute atomic E-state index is 0.0943. The summed E-state index contributed by atoms with van der Waals surface area (Å²) in [6.07, 6.45) is 4.94. The molecule has 0 fully saturated rings. The van der Waals surface area contributed by atoms with Crippen LogP contribution in [0, 0.1) is 18.3 Å². The summed E-state index contributed by atoms with van der Waals surface area (Å²) in [6.45, 7) is 5.77. The molecule has 0 bridgehead atoms. The molecule has 2 amide bonds. The second-order valence-electron chi connectivity index (χ2n) is 9.61. The standard InChI is InChI=1S/C30H31N5O3/c1-19(2)38-27-12-10-23(16-24(27)17-31)30(37)33-25(11-13-28(32)36)15-21-6-8-22(9-7-21)26-18-35-14-4-5-20(3)29(35)34-26/h4-10,12,14,16,18-19,25H,11,13,15H2,1-3H3,(H2,32,36)(H,33,37). The average molecular weight is 510 g/mol. The van der Waals surface area contributed by atoms with Crippen LogP contribution in [0.3, 0.4) is 0 Å². The molecule has 3 N–H and O–H groups in total. The summed E-state index contributed by atoms with van der Waals surface area (Å²) in [5, 5.41) is 12.5. The van der Waals surface area contributed by atoms with Gasteiger partial charge in [-0.2, -0.15) is 5.26 Å². The first-order chi connectivity index (χ1) is 18.2. The topological polar surface area (TPSA) is 123 Å². The quantitative estimate of drug-likeness (QED) is 0.324. The van der Waals surface area contributed by atoms with E-state index in [1.807, 2.05) is 74.0 Å². The van der Waals surface area contributed by atoms with Crippen molar-refractivity contribution in [2.24, 2.45) is 5.73 Å². The van der Waals surface area contributed by atoms with E-state index < -0.39 is 5.91 Å². The number of carbonyl (C=O) groups excluding carboxylic acids is 2. The maximum atomic E-state index is 13.1. The fourth-order valence-corrected chi connectivity index (χ4v) is 4.31. The Balaban J connectivity index is 1.49. The Labute approximate surface area is 222 Å². The van der Waals surface area contributed by atoms with Crippen LogP contribution < -0.4 is 15.8 Å². The van der Waals surface area contributed by atoms with E-state index in [0.29, 0.717) is 24.2 Å². The maximum Gasteiger partial charge on any atom is 0.251 e. The van der Waals surface area contributed by atoms with Crippen LogP contribution in [0.25, 0.3) is 16.9 Å². The number of nitrogens with zero attached hydrogens (tertiary/aromatic N) is 3. The molecule has 8 heteroatoms. The molecule has 38 heavy (non-hydrogen) atoms. The smallest absolute Gasteiger partial charge is 0.251 e. The van der Waals surface area contributed by atoms with Crippen LogP contribution in [0.4, 0.5) is 0 Å². The van der Waals surface area contributed by atoms with Crippen LogP contribution in [0.15, 0.2) is 67.0 Å². The maximum absolute atomic E-state index is 13.1. The summed E-state index contributed by atoms with van der Waals surface area (Å²) in [5.74, 6) is -0.322. The van der Waals surface area contributed by atoms with Gasteiger partial charge in [-0.3, -0.25) is 9.59 Å². The number of imidazole rings is 1. The fraction of sp³-hybridized carbons (Fsp3) is 0.267. The molecular weight excluding hydrogens is 478 g/mol. The van der Waals surface area contributed by atoms with Crippen molar-refractivity contribution < 1.29 is 14.3 Å². The number of nitriles is 1. The zero-order valence-corrected chi connectivity index (χ0v) is 21.8. The number of hydrogen-bond donors (Lipinski definition) is 2. The number of amides is 2. The van der Waals surface area contributed by atoms with Gasteiger partial charge in [-0.05, 0) is 69.0 Å². The molecule has 0 aliphatic carbocycles. The molecule has 8 nitrogen and oxygen atoms in total. The first-order valence-electron chi connectivity index (χ1n) is 12.6. The number of ether oxygens (including phenoxy) is 1. The van der Waals surface area contributed by atoms with E-state index in [1.54, 1.807) is 12.1 Å². The van der Waals surface area contributed by atoms with Crippen LogP contribution in [-0.4, -0.2) is 33.3 Å². The largest absolute Gasteiger partial charge is 0.490 e. The molecule has 4 rings (SSSR count). The Hall–Kier alpha value is -4.64. The molecule has 0 aliphatic rings. The third kappa shape index (κ3) is 6.37. The monoisotopic (exact) mass is 509 g/mol. The first-order valence-corrected chi connectivity index (χ1v) is 12.6. The number of pyridine rings is 1. The van der Waals surface area contributed by atoms with Gasteiger partial charge in [0.1, 0.15) is 17.5 Å². The SMILES string of the molecule is Cc1cccn2cc(-c3ccc(CC(CCC(N)=O)NC(=O)c4ccc(OC(C)C)c(C#N)c4)cc3)nc12. The molecule has 1 atom stereocenters. The number of rotatable bonds is 10. The molecule has 0 aliphatic heterocycles. The van der Waals surface area contributed by atoms with Gasteiger partial charge in [-0.15, -0.1) is 0 Å². The van der Waals surface area contributed by atoms with Gasteiger partial charge in [0.15, 0.2) is 0 Å². The van der Waals surface area contributed by atoms with Crippen molar-refractivity contribution in [2.45, 2.75) is 52.2 Å². The van der Waals surface area contributed by atoms with Crippen molar-refractivity contribution in [2.75, 3.05) is 0 Å². The number of benzene rings is 2. The summed E-state index contributed by atoms with van der Waals surface area (Å²) < 4.78 is 7.66. The lowest BCUT2D eigenvalue weighted by Gasteiger charge is -2.19. The molecule has 0 saturated carbocycles. The third-order valence-corrected chi connectivity index (χ3v) is 6.21. The zero-order valence-electron chi connectivity index (χ0n) is 21.8. The number of nitrogens with two attached hydrogens (primary N) is 1. The molecule has 2 aromatic heterocycles. The molecule has 0 saturated heterocycles. The van der Waals surface area contributed by atoms with Crippen molar-refractivity contribution in [1.29, 1.82) is 5.26 Å². The predicted octanol–water partition coefficient (Wildman–Crippen LogP) is 4.58. The second kappa shape index (κ2) is 11.6. The van der Waals surface area contributed by atoms with Gasteiger partial charge in [0.05, 0.1) is 17.4 Å². The molecule has 194 valence electrons. The van der Waals surface area contributed by atoms with Crippen LogP contribution in [0.2, 0.25) is 0 Å². The number of aryl methyl sites for hydroxylation is 1. The summed E-state index contributed by atoms with van der Waals surface area (Å²) >= 11 is 0.